The largest absolute Gasteiger partial charge is 0.478 e. The van der Waals surface area contributed by atoms with E-state index in [0.29, 0.717) is 0 Å². The molecule has 3 N–H and O–H groups in total. The number of benzene rings is 1. The molecule has 0 atom stereocenters. The number of carboxylic acid groups (broad SMARTS) is 1. The maximum absolute atomic E-state index is 13.6. The molecule has 1 aromatic rings. The highest BCUT2D eigenvalue weighted by Crippen LogP contribution is 2.27. The van der Waals surface area contributed by atoms with Crippen LogP contribution in [0.4, 0.5) is 28.9 Å². The molecule has 1 rings (SSSR count). The summed E-state index contributed by atoms with van der Waals surface area (Å²) in [6.07, 6.45) is -5.50. The lowest BCUT2D eigenvalue weighted by Crippen LogP contribution is -2.25. The first kappa shape index (κ1) is 15.1. The van der Waals surface area contributed by atoms with Crippen LogP contribution in [-0.4, -0.2) is 30.8 Å². The third-order valence-electron chi connectivity index (χ3n) is 2.49. The molecule has 1 aromatic carbocycles. The van der Waals surface area contributed by atoms with Gasteiger partial charge in [0.1, 0.15) is 5.82 Å². The Morgan fingerprint density at radius 1 is 1.42 bits per heavy atom. The molecule has 0 fully saturated rings. The molecule has 0 saturated heterocycles. The molecule has 0 saturated carbocycles. The van der Waals surface area contributed by atoms with Crippen molar-refractivity contribution in [2.45, 2.75) is 12.6 Å². The molecule has 106 valence electrons. The van der Waals surface area contributed by atoms with Gasteiger partial charge in [0.05, 0.1) is 17.7 Å². The molecular weight excluding hydrogens is 268 g/mol. The standard InChI is InChI=1S/C11H12F4N2O2/c1-17(3-2-11(13,14)15)9-4-6(10(18)19)8(16)5-7(9)12/h4-5H,2-3,16H2,1H3,(H,18,19). The van der Waals surface area contributed by atoms with Crippen molar-refractivity contribution in [3.63, 3.8) is 0 Å². The predicted octanol–water partition coefficient (Wildman–Crippen LogP) is 2.49. The molecule has 4 nitrogen and oxygen atoms in total. The normalized spacial score (nSPS) is 11.4. The molecule has 0 radical (unpaired) electrons. The fourth-order valence-corrected chi connectivity index (χ4v) is 1.47. The zero-order chi connectivity index (χ0) is 14.8. The fourth-order valence-electron chi connectivity index (χ4n) is 1.47. The molecule has 0 aliphatic rings. The Morgan fingerprint density at radius 3 is 2.47 bits per heavy atom. The van der Waals surface area contributed by atoms with E-state index < -0.39 is 30.9 Å². The monoisotopic (exact) mass is 280 g/mol. The number of nitrogens with zero attached hydrogens (tertiary/aromatic N) is 1. The molecule has 0 unspecified atom stereocenters. The van der Waals surface area contributed by atoms with Gasteiger partial charge in [0, 0.05) is 19.3 Å². The number of halogens is 4. The van der Waals surface area contributed by atoms with Crippen LogP contribution in [-0.2, 0) is 0 Å². The van der Waals surface area contributed by atoms with Crippen LogP contribution in [0, 0.1) is 5.82 Å². The minimum atomic E-state index is -4.37. The Labute approximate surface area is 106 Å². The van der Waals surface area contributed by atoms with Crippen LogP contribution in [0.25, 0.3) is 0 Å². The summed E-state index contributed by atoms with van der Waals surface area (Å²) < 4.78 is 49.8. The van der Waals surface area contributed by atoms with Gasteiger partial charge in [-0.1, -0.05) is 0 Å². The lowest BCUT2D eigenvalue weighted by molar-refractivity contribution is -0.132. The minimum Gasteiger partial charge on any atom is -0.478 e. The predicted molar refractivity (Wildman–Crippen MR) is 61.7 cm³/mol. The number of carboxylic acids is 1. The number of nitrogen functional groups attached to an aromatic ring is 1. The van der Waals surface area contributed by atoms with Crippen molar-refractivity contribution < 1.29 is 27.5 Å². The fraction of sp³-hybridized carbons (Fsp3) is 0.364. The Balaban J connectivity index is 2.99. The number of hydrogen-bond acceptors (Lipinski definition) is 3. The maximum atomic E-state index is 13.6. The van der Waals surface area contributed by atoms with Gasteiger partial charge in [-0.25, -0.2) is 9.18 Å². The van der Waals surface area contributed by atoms with Gasteiger partial charge in [-0.3, -0.25) is 0 Å². The number of aromatic carboxylic acids is 1. The van der Waals surface area contributed by atoms with Gasteiger partial charge in [-0.05, 0) is 12.1 Å². The molecule has 0 aliphatic carbocycles. The average Bonchev–Trinajstić information content (AvgIpc) is 2.24. The molecular formula is C11H12F4N2O2. The molecule has 8 heteroatoms. The highest BCUT2D eigenvalue weighted by molar-refractivity contribution is 5.95. The molecule has 0 aliphatic heterocycles. The molecule has 0 spiro atoms. The van der Waals surface area contributed by atoms with Crippen LogP contribution in [0.15, 0.2) is 12.1 Å². The van der Waals surface area contributed by atoms with E-state index in [-0.39, 0.29) is 16.9 Å². The van der Waals surface area contributed by atoms with Gasteiger partial charge in [-0.15, -0.1) is 0 Å². The third-order valence-corrected chi connectivity index (χ3v) is 2.49. The number of rotatable bonds is 4. The van der Waals surface area contributed by atoms with E-state index in [2.05, 4.69) is 0 Å². The van der Waals surface area contributed by atoms with E-state index in [4.69, 9.17) is 10.8 Å². The van der Waals surface area contributed by atoms with Gasteiger partial charge in [0.25, 0.3) is 0 Å². The van der Waals surface area contributed by atoms with Gasteiger partial charge in [0.15, 0.2) is 0 Å². The van der Waals surface area contributed by atoms with Crippen molar-refractivity contribution in [3.8, 4) is 0 Å². The molecule has 0 bridgehead atoms. The first-order valence-corrected chi connectivity index (χ1v) is 5.22. The Morgan fingerprint density at radius 2 is 2.00 bits per heavy atom. The van der Waals surface area contributed by atoms with Crippen LogP contribution in [0.5, 0.6) is 0 Å². The number of carbonyl (C=O) groups is 1. The summed E-state index contributed by atoms with van der Waals surface area (Å²) in [5, 5.41) is 8.82. The van der Waals surface area contributed by atoms with Crippen molar-refractivity contribution >= 4 is 17.3 Å². The summed E-state index contributed by atoms with van der Waals surface area (Å²) in [4.78, 5) is 11.8. The molecule has 19 heavy (non-hydrogen) atoms. The van der Waals surface area contributed by atoms with Gasteiger partial charge >= 0.3 is 12.1 Å². The third kappa shape index (κ3) is 4.01. The second-order valence-corrected chi connectivity index (χ2v) is 3.98. The van der Waals surface area contributed by atoms with Crippen LogP contribution in [0.3, 0.4) is 0 Å². The Hall–Kier alpha value is -1.99. The molecule has 0 amide bonds. The van der Waals surface area contributed by atoms with E-state index in [0.717, 1.165) is 17.0 Å². The molecule has 0 aromatic heterocycles. The first-order valence-electron chi connectivity index (χ1n) is 5.22. The van der Waals surface area contributed by atoms with Crippen molar-refractivity contribution in [3.05, 3.63) is 23.5 Å². The number of alkyl halides is 3. The first-order chi connectivity index (χ1) is 8.61. The van der Waals surface area contributed by atoms with E-state index in [9.17, 15) is 22.4 Å². The quantitative estimate of drug-likeness (QED) is 0.657. The SMILES string of the molecule is CN(CCC(F)(F)F)c1cc(C(=O)O)c(N)cc1F. The van der Waals surface area contributed by atoms with Crippen molar-refractivity contribution in [1.82, 2.24) is 0 Å². The lowest BCUT2D eigenvalue weighted by atomic mass is 10.1. The summed E-state index contributed by atoms with van der Waals surface area (Å²) in [7, 11) is 1.24. The van der Waals surface area contributed by atoms with Crippen LogP contribution >= 0.6 is 0 Å². The Bertz CT molecular complexity index is 488. The highest BCUT2D eigenvalue weighted by Gasteiger charge is 2.28. The van der Waals surface area contributed by atoms with Gasteiger partial charge in [0.2, 0.25) is 0 Å². The molecule has 0 heterocycles. The topological polar surface area (TPSA) is 66.6 Å². The van der Waals surface area contributed by atoms with Crippen LogP contribution in [0.1, 0.15) is 16.8 Å². The maximum Gasteiger partial charge on any atom is 0.390 e. The van der Waals surface area contributed by atoms with Crippen LogP contribution < -0.4 is 10.6 Å². The van der Waals surface area contributed by atoms with Crippen molar-refractivity contribution in [2.75, 3.05) is 24.2 Å². The van der Waals surface area contributed by atoms with Crippen molar-refractivity contribution in [1.29, 1.82) is 0 Å². The lowest BCUT2D eigenvalue weighted by Gasteiger charge is -2.21. The number of hydrogen-bond donors (Lipinski definition) is 2. The number of nitrogens with two attached hydrogens (primary N) is 1. The highest BCUT2D eigenvalue weighted by atomic mass is 19.4. The van der Waals surface area contributed by atoms with Crippen LogP contribution in [0.2, 0.25) is 0 Å². The smallest absolute Gasteiger partial charge is 0.390 e. The summed E-state index contributed by atoms with van der Waals surface area (Å²) in [5.41, 5.74) is 4.44. The van der Waals surface area contributed by atoms with Crippen molar-refractivity contribution in [2.24, 2.45) is 0 Å². The zero-order valence-corrected chi connectivity index (χ0v) is 9.96. The summed E-state index contributed by atoms with van der Waals surface area (Å²) in [6, 6.07) is 1.70. The van der Waals surface area contributed by atoms with E-state index in [1.807, 2.05) is 0 Å². The minimum absolute atomic E-state index is 0.240. The second kappa shape index (κ2) is 5.33. The average molecular weight is 280 g/mol. The van der Waals surface area contributed by atoms with E-state index >= 15 is 0 Å². The Kier molecular flexibility index (Phi) is 4.23. The number of anilines is 2. The zero-order valence-electron chi connectivity index (χ0n) is 9.96. The summed E-state index contributed by atoms with van der Waals surface area (Å²) in [5.74, 6) is -2.24. The van der Waals surface area contributed by atoms with Gasteiger partial charge < -0.3 is 15.7 Å². The summed E-state index contributed by atoms with van der Waals surface area (Å²) in [6.45, 7) is -0.483. The van der Waals surface area contributed by atoms with Gasteiger partial charge in [-0.2, -0.15) is 13.2 Å². The van der Waals surface area contributed by atoms with E-state index in [1.54, 1.807) is 0 Å². The summed E-state index contributed by atoms with van der Waals surface area (Å²) >= 11 is 0. The van der Waals surface area contributed by atoms with E-state index in [1.165, 1.54) is 7.05 Å². The second-order valence-electron chi connectivity index (χ2n) is 3.98.